The first-order valence-electron chi connectivity index (χ1n) is 8.08. The topological polar surface area (TPSA) is 88.1 Å². The van der Waals surface area contributed by atoms with Gasteiger partial charge >= 0.3 is 11.9 Å². The summed E-state index contributed by atoms with van der Waals surface area (Å²) in [7, 11) is 2.84. The van der Waals surface area contributed by atoms with Crippen molar-refractivity contribution in [2.24, 2.45) is 0 Å². The van der Waals surface area contributed by atoms with Gasteiger partial charge in [0.25, 0.3) is 5.97 Å². The standard InChI is InChI=1S/C8H16O2.C6H12O3.C3H5O2.CH3.Y/c1-3-4-5-6-7-10-8(2)9;1-3-8-4-5-9-6(2)7;1-3(4)5-2;;/h3-7H2,1-2H3;3-5H2,1-2H3;2H2,1H3;1H3;/q;;2*-1;. The third-order valence-corrected chi connectivity index (χ3v) is 2.24. The van der Waals surface area contributed by atoms with E-state index in [4.69, 9.17) is 9.47 Å². The maximum Gasteiger partial charge on any atom is 0.302 e. The van der Waals surface area contributed by atoms with E-state index in [1.807, 2.05) is 6.92 Å². The van der Waals surface area contributed by atoms with Crippen LogP contribution < -0.4 is 0 Å². The van der Waals surface area contributed by atoms with Crippen LogP contribution in [-0.4, -0.2) is 44.3 Å². The molecule has 0 aliphatic rings. The Kier molecular flexibility index (Phi) is 45.0. The van der Waals surface area contributed by atoms with Gasteiger partial charge in [-0.1, -0.05) is 26.2 Å². The molecule has 0 heterocycles. The van der Waals surface area contributed by atoms with E-state index in [0.29, 0.717) is 26.4 Å². The molecule has 0 aliphatic heterocycles. The van der Waals surface area contributed by atoms with Gasteiger partial charge in [0.2, 0.25) is 0 Å². The third-order valence-electron chi connectivity index (χ3n) is 2.24. The van der Waals surface area contributed by atoms with E-state index >= 15 is 0 Å². The average Bonchev–Trinajstić information content (AvgIpc) is 2.52. The monoisotopic (exact) mass is 453 g/mol. The zero-order valence-electron chi connectivity index (χ0n) is 17.3. The van der Waals surface area contributed by atoms with Crippen LogP contribution in [-0.2, 0) is 66.0 Å². The van der Waals surface area contributed by atoms with Gasteiger partial charge in [0.1, 0.15) is 6.61 Å². The van der Waals surface area contributed by atoms with Gasteiger partial charge in [0, 0.05) is 60.1 Å². The first-order chi connectivity index (χ1) is 11.3. The Morgan fingerprint density at radius 1 is 0.769 bits per heavy atom. The molecule has 155 valence electrons. The molecule has 1 radical (unpaired) electrons. The molecule has 0 rings (SSSR count). The molecule has 0 atom stereocenters. The molecule has 0 aromatic rings. The number of ether oxygens (including phenoxy) is 4. The maximum absolute atomic E-state index is 10.3. The summed E-state index contributed by atoms with van der Waals surface area (Å²) in [6.07, 6.45) is 4.64. The van der Waals surface area contributed by atoms with E-state index in [0.717, 1.165) is 6.42 Å². The van der Waals surface area contributed by atoms with Gasteiger partial charge in [0.15, 0.2) is 0 Å². The molecule has 0 aromatic heterocycles. The van der Waals surface area contributed by atoms with E-state index in [1.165, 1.54) is 40.0 Å². The fraction of sp³-hybridized carbons (Fsp3) is 0.722. The molecule has 8 heteroatoms. The van der Waals surface area contributed by atoms with E-state index < -0.39 is 0 Å². The number of hydrogen-bond acceptors (Lipinski definition) is 7. The molecule has 0 N–H and O–H groups in total. The molecule has 0 aromatic carbocycles. The van der Waals surface area contributed by atoms with Crippen molar-refractivity contribution >= 4 is 17.9 Å². The van der Waals surface area contributed by atoms with Gasteiger partial charge in [-0.05, 0) is 13.3 Å². The fourth-order valence-electron chi connectivity index (χ4n) is 1.13. The second-order valence-electron chi connectivity index (χ2n) is 4.57. The van der Waals surface area contributed by atoms with Gasteiger partial charge in [0.05, 0.1) is 13.2 Å². The minimum atomic E-state index is -0.356. The Balaban J connectivity index is -0.0000000856. The number of carbonyl (C=O) groups excluding carboxylic acids is 3. The second kappa shape index (κ2) is 32.2. The van der Waals surface area contributed by atoms with Crippen LogP contribution in [0.3, 0.4) is 0 Å². The van der Waals surface area contributed by atoms with Crippen LogP contribution in [0.5, 0.6) is 0 Å². The zero-order chi connectivity index (χ0) is 19.2. The van der Waals surface area contributed by atoms with Gasteiger partial charge in [-0.15, -0.1) is 0 Å². The van der Waals surface area contributed by atoms with Crippen molar-refractivity contribution in [2.45, 2.75) is 60.3 Å². The van der Waals surface area contributed by atoms with Gasteiger partial charge in [-0.25, -0.2) is 0 Å². The fourth-order valence-corrected chi connectivity index (χ4v) is 1.13. The summed E-state index contributed by atoms with van der Waals surface area (Å²) in [6.45, 7) is 10.3. The molecular formula is C18H36O7Y-2. The SMILES string of the molecule is CCCCCCOC(C)=O.CCOCCOC(C)=O.[CH2-]OC(C)=O.[CH3-].[Y]. The zero-order valence-corrected chi connectivity index (χ0v) is 20.1. The number of esters is 3. The summed E-state index contributed by atoms with van der Waals surface area (Å²) < 4.78 is 18.1. The number of hydrogen-bond donors (Lipinski definition) is 0. The molecule has 0 saturated carbocycles. The van der Waals surface area contributed by atoms with E-state index in [1.54, 1.807) is 0 Å². The Labute approximate surface area is 184 Å². The van der Waals surface area contributed by atoms with Crippen molar-refractivity contribution in [3.05, 3.63) is 14.5 Å². The molecule has 0 unspecified atom stereocenters. The summed E-state index contributed by atoms with van der Waals surface area (Å²) in [5, 5.41) is 0. The molecule has 0 aliphatic carbocycles. The van der Waals surface area contributed by atoms with Gasteiger partial charge in [-0.3, -0.25) is 14.4 Å². The Hall–Kier alpha value is -0.526. The normalized spacial score (nSPS) is 8.08. The minimum Gasteiger partial charge on any atom is -0.640 e. The van der Waals surface area contributed by atoms with Crippen molar-refractivity contribution in [1.82, 2.24) is 0 Å². The van der Waals surface area contributed by atoms with Crippen molar-refractivity contribution in [1.29, 1.82) is 0 Å². The summed E-state index contributed by atoms with van der Waals surface area (Å²) >= 11 is 0. The molecule has 26 heavy (non-hydrogen) atoms. The minimum absolute atomic E-state index is 0. The predicted molar refractivity (Wildman–Crippen MR) is 97.4 cm³/mol. The largest absolute Gasteiger partial charge is 0.640 e. The molecular weight excluding hydrogens is 417 g/mol. The van der Waals surface area contributed by atoms with Crippen LogP contribution >= 0.6 is 0 Å². The second-order valence-corrected chi connectivity index (χ2v) is 4.57. The first kappa shape index (κ1) is 36.4. The van der Waals surface area contributed by atoms with E-state index in [9.17, 15) is 14.4 Å². The summed E-state index contributed by atoms with van der Waals surface area (Å²) in [5.74, 6) is -0.781. The molecule has 0 saturated heterocycles. The quantitative estimate of drug-likeness (QED) is 0.229. The van der Waals surface area contributed by atoms with E-state index in [2.05, 4.69) is 23.5 Å². The predicted octanol–water partition coefficient (Wildman–Crippen LogP) is 3.50. The maximum atomic E-state index is 10.3. The molecule has 0 amide bonds. The molecule has 0 fully saturated rings. The van der Waals surface area contributed by atoms with Gasteiger partial charge in [-0.2, -0.15) is 7.11 Å². The van der Waals surface area contributed by atoms with Gasteiger partial charge < -0.3 is 26.4 Å². The first-order valence-corrected chi connectivity index (χ1v) is 8.08. The summed E-state index contributed by atoms with van der Waals surface area (Å²) in [4.78, 5) is 29.9. The summed E-state index contributed by atoms with van der Waals surface area (Å²) in [6, 6.07) is 0. The number of rotatable bonds is 9. The average molecular weight is 453 g/mol. The van der Waals surface area contributed by atoms with Crippen molar-refractivity contribution in [2.75, 3.05) is 26.4 Å². The molecule has 0 spiro atoms. The van der Waals surface area contributed by atoms with Crippen LogP contribution in [0.4, 0.5) is 0 Å². The van der Waals surface area contributed by atoms with Crippen LogP contribution in [0, 0.1) is 14.5 Å². The van der Waals surface area contributed by atoms with Crippen LogP contribution in [0.25, 0.3) is 0 Å². The Morgan fingerprint density at radius 2 is 1.23 bits per heavy atom. The van der Waals surface area contributed by atoms with Crippen LogP contribution in [0.1, 0.15) is 60.3 Å². The van der Waals surface area contributed by atoms with Crippen LogP contribution in [0.2, 0.25) is 0 Å². The van der Waals surface area contributed by atoms with Crippen molar-refractivity contribution in [3.63, 3.8) is 0 Å². The van der Waals surface area contributed by atoms with Crippen LogP contribution in [0.15, 0.2) is 0 Å². The third kappa shape index (κ3) is 56.6. The molecule has 0 bridgehead atoms. The summed E-state index contributed by atoms with van der Waals surface area (Å²) in [5.41, 5.74) is 0. The Bertz CT molecular complexity index is 310. The Morgan fingerprint density at radius 3 is 1.58 bits per heavy atom. The number of unbranched alkanes of at least 4 members (excludes halogenated alkanes) is 3. The number of carbonyl (C=O) groups is 3. The van der Waals surface area contributed by atoms with Crippen molar-refractivity contribution in [3.8, 4) is 0 Å². The molecule has 7 nitrogen and oxygen atoms in total. The van der Waals surface area contributed by atoms with Crippen molar-refractivity contribution < 1.29 is 66.0 Å². The smallest absolute Gasteiger partial charge is 0.302 e. The van der Waals surface area contributed by atoms with E-state index in [-0.39, 0.29) is 58.0 Å².